The summed E-state index contributed by atoms with van der Waals surface area (Å²) in [6, 6.07) is 16.8. The van der Waals surface area contributed by atoms with Crippen LogP contribution in [0.1, 0.15) is 31.4 Å². The van der Waals surface area contributed by atoms with E-state index in [0.29, 0.717) is 11.8 Å². The van der Waals surface area contributed by atoms with E-state index in [4.69, 9.17) is 16.3 Å². The molecule has 2 aromatic carbocycles. The highest BCUT2D eigenvalue weighted by molar-refractivity contribution is 7.92. The van der Waals surface area contributed by atoms with E-state index in [0.717, 1.165) is 25.9 Å². The van der Waals surface area contributed by atoms with E-state index in [-0.39, 0.29) is 21.8 Å². The summed E-state index contributed by atoms with van der Waals surface area (Å²) < 4.78 is 33.7. The fraction of sp³-hybridized carbons (Fsp3) is 0.304. The molecule has 1 atom stereocenters. The predicted octanol–water partition coefficient (Wildman–Crippen LogP) is 4.54. The lowest BCUT2D eigenvalue weighted by Crippen LogP contribution is -2.39. The molecule has 1 aliphatic heterocycles. The van der Waals surface area contributed by atoms with Crippen molar-refractivity contribution in [1.82, 2.24) is 14.9 Å². The van der Waals surface area contributed by atoms with Crippen LogP contribution in [0, 0.1) is 0 Å². The molecule has 32 heavy (non-hydrogen) atoms. The molecule has 0 aliphatic carbocycles. The Bertz CT molecular complexity index is 1140. The number of nitrogens with zero attached hydrogens (tertiary/aromatic N) is 3. The minimum atomic E-state index is -3.82. The van der Waals surface area contributed by atoms with Crippen molar-refractivity contribution in [2.75, 3.05) is 17.8 Å². The van der Waals surface area contributed by atoms with Gasteiger partial charge in [-0.15, -0.1) is 0 Å². The van der Waals surface area contributed by atoms with E-state index in [2.05, 4.69) is 50.8 Å². The maximum absolute atomic E-state index is 12.6. The van der Waals surface area contributed by atoms with Crippen molar-refractivity contribution in [1.29, 1.82) is 0 Å². The number of benzene rings is 2. The molecular weight excluding hydrogens is 448 g/mol. The predicted molar refractivity (Wildman–Crippen MR) is 124 cm³/mol. The molecule has 0 bridgehead atoms. The fourth-order valence-electron chi connectivity index (χ4n) is 3.79. The Labute approximate surface area is 193 Å². The zero-order chi connectivity index (χ0) is 22.6. The Morgan fingerprint density at radius 2 is 1.88 bits per heavy atom. The number of nitrogens with one attached hydrogen (secondary N) is 1. The lowest BCUT2D eigenvalue weighted by molar-refractivity contribution is 0.0797. The number of aromatic nitrogens is 2. The van der Waals surface area contributed by atoms with Crippen LogP contribution < -0.4 is 9.46 Å². The first-order valence-electron chi connectivity index (χ1n) is 10.5. The number of anilines is 1. The van der Waals surface area contributed by atoms with Gasteiger partial charge in [-0.3, -0.25) is 9.62 Å². The Morgan fingerprint density at radius 3 is 2.53 bits per heavy atom. The van der Waals surface area contributed by atoms with Crippen molar-refractivity contribution in [3.63, 3.8) is 0 Å². The number of hydrogen-bond donors (Lipinski definition) is 1. The minimum Gasteiger partial charge on any atom is -0.489 e. The molecule has 2 heterocycles. The summed E-state index contributed by atoms with van der Waals surface area (Å²) in [5.74, 6) is 0.676. The smallest absolute Gasteiger partial charge is 0.263 e. The third-order valence-electron chi connectivity index (χ3n) is 5.63. The van der Waals surface area contributed by atoms with Gasteiger partial charge >= 0.3 is 0 Å². The first-order chi connectivity index (χ1) is 15.4. The molecular formula is C23H25ClN4O3S. The summed E-state index contributed by atoms with van der Waals surface area (Å²) in [6.07, 6.45) is 4.52. The maximum Gasteiger partial charge on any atom is 0.263 e. The van der Waals surface area contributed by atoms with Crippen LogP contribution >= 0.6 is 11.6 Å². The molecule has 0 spiro atoms. The molecule has 4 rings (SSSR count). The molecule has 1 fully saturated rings. The molecule has 7 nitrogen and oxygen atoms in total. The van der Waals surface area contributed by atoms with Gasteiger partial charge in [0.1, 0.15) is 24.0 Å². The molecule has 9 heteroatoms. The molecule has 1 unspecified atom stereocenters. The summed E-state index contributed by atoms with van der Waals surface area (Å²) >= 11 is 6.36. The van der Waals surface area contributed by atoms with E-state index in [9.17, 15) is 8.42 Å². The highest BCUT2D eigenvalue weighted by atomic mass is 35.5. The molecule has 1 aromatic heterocycles. The highest BCUT2D eigenvalue weighted by Gasteiger charge is 2.25. The second-order valence-electron chi connectivity index (χ2n) is 7.73. The van der Waals surface area contributed by atoms with Crippen LogP contribution in [0.15, 0.2) is 72.0 Å². The SMILES string of the molecule is CC(c1ccccc1)N1CCC(Oc2ccc(S(=O)(=O)Nc3ccncn3)cc2Cl)CC1. The zero-order valence-corrected chi connectivity index (χ0v) is 19.3. The standard InChI is InChI=1S/C23H25ClN4O3S/c1-17(18-5-3-2-4-6-18)28-13-10-19(11-14-28)31-22-8-7-20(15-21(22)24)32(29,30)27-23-9-12-25-16-26-23/h2-9,12,15-17,19H,10-11,13-14H2,1H3,(H,25,26,27). The largest absolute Gasteiger partial charge is 0.489 e. The van der Waals surface area contributed by atoms with Crippen molar-refractivity contribution in [2.24, 2.45) is 0 Å². The zero-order valence-electron chi connectivity index (χ0n) is 17.7. The molecule has 168 valence electrons. The van der Waals surface area contributed by atoms with Crippen molar-refractivity contribution >= 4 is 27.4 Å². The average Bonchev–Trinajstić information content (AvgIpc) is 2.81. The second kappa shape index (κ2) is 9.85. The van der Waals surface area contributed by atoms with Gasteiger partial charge in [-0.1, -0.05) is 41.9 Å². The summed E-state index contributed by atoms with van der Waals surface area (Å²) in [5.41, 5.74) is 1.31. The van der Waals surface area contributed by atoms with Crippen molar-refractivity contribution in [3.05, 3.63) is 77.7 Å². The van der Waals surface area contributed by atoms with Crippen LogP contribution in [0.25, 0.3) is 0 Å². The molecule has 0 radical (unpaired) electrons. The summed E-state index contributed by atoms with van der Waals surface area (Å²) in [4.78, 5) is 10.1. The lowest BCUT2D eigenvalue weighted by Gasteiger charge is -2.36. The van der Waals surface area contributed by atoms with Crippen LogP contribution in [-0.2, 0) is 10.0 Å². The van der Waals surface area contributed by atoms with Gasteiger partial charge in [0.05, 0.1) is 9.92 Å². The Balaban J connectivity index is 1.36. The molecule has 3 aromatic rings. The van der Waals surface area contributed by atoms with E-state index in [1.807, 2.05) is 6.07 Å². The summed E-state index contributed by atoms with van der Waals surface area (Å²) in [5, 5.41) is 0.260. The number of halogens is 1. The van der Waals surface area contributed by atoms with Gasteiger partial charge in [0.2, 0.25) is 0 Å². The maximum atomic E-state index is 12.6. The van der Waals surface area contributed by atoms with Crippen LogP contribution in [0.3, 0.4) is 0 Å². The van der Waals surface area contributed by atoms with Crippen molar-refractivity contribution < 1.29 is 13.2 Å². The van der Waals surface area contributed by atoms with Crippen LogP contribution in [0.2, 0.25) is 5.02 Å². The van der Waals surface area contributed by atoms with Gasteiger partial charge in [-0.25, -0.2) is 18.4 Å². The number of piperidine rings is 1. The second-order valence-corrected chi connectivity index (χ2v) is 9.82. The number of sulfonamides is 1. The minimum absolute atomic E-state index is 0.0355. The highest BCUT2D eigenvalue weighted by Crippen LogP contribution is 2.31. The molecule has 0 amide bonds. The normalized spacial score (nSPS) is 16.4. The first kappa shape index (κ1) is 22.5. The molecule has 1 aliphatic rings. The Morgan fingerprint density at radius 1 is 1.12 bits per heavy atom. The van der Waals surface area contributed by atoms with Crippen LogP contribution in [0.4, 0.5) is 5.82 Å². The summed E-state index contributed by atoms with van der Waals surface area (Å²) in [7, 11) is -3.82. The van der Waals surface area contributed by atoms with Crippen LogP contribution in [0.5, 0.6) is 5.75 Å². The van der Waals surface area contributed by atoms with E-state index in [1.54, 1.807) is 6.07 Å². The van der Waals surface area contributed by atoms with E-state index in [1.165, 1.54) is 36.3 Å². The third kappa shape index (κ3) is 5.38. The topological polar surface area (TPSA) is 84.4 Å². The van der Waals surface area contributed by atoms with Gasteiger partial charge in [0, 0.05) is 25.3 Å². The number of likely N-dealkylation sites (tertiary alicyclic amines) is 1. The van der Waals surface area contributed by atoms with Gasteiger partial charge in [-0.2, -0.15) is 0 Å². The number of rotatable bonds is 7. The lowest BCUT2D eigenvalue weighted by atomic mass is 10.0. The van der Waals surface area contributed by atoms with Gasteiger partial charge < -0.3 is 4.74 Å². The van der Waals surface area contributed by atoms with E-state index >= 15 is 0 Å². The van der Waals surface area contributed by atoms with E-state index < -0.39 is 10.0 Å². The monoisotopic (exact) mass is 472 g/mol. The quantitative estimate of drug-likeness (QED) is 0.543. The number of ether oxygens (including phenoxy) is 1. The molecule has 0 saturated carbocycles. The summed E-state index contributed by atoms with van der Waals surface area (Å²) in [6.45, 7) is 4.07. The first-order valence-corrected chi connectivity index (χ1v) is 12.3. The van der Waals surface area contributed by atoms with Gasteiger partial charge in [0.25, 0.3) is 10.0 Å². The van der Waals surface area contributed by atoms with Crippen LogP contribution in [-0.4, -0.2) is 42.5 Å². The number of hydrogen-bond acceptors (Lipinski definition) is 6. The van der Waals surface area contributed by atoms with Crippen molar-refractivity contribution in [3.8, 4) is 5.75 Å². The molecule has 1 saturated heterocycles. The Hall–Kier alpha value is -2.68. The Kier molecular flexibility index (Phi) is 6.93. The van der Waals surface area contributed by atoms with Crippen molar-refractivity contribution in [2.45, 2.75) is 36.8 Å². The van der Waals surface area contributed by atoms with Gasteiger partial charge in [-0.05, 0) is 49.6 Å². The van der Waals surface area contributed by atoms with Gasteiger partial charge in [0.15, 0.2) is 0 Å². The molecule has 1 N–H and O–H groups in total. The fourth-order valence-corrected chi connectivity index (χ4v) is 5.12. The third-order valence-corrected chi connectivity index (χ3v) is 7.28. The average molecular weight is 473 g/mol.